The van der Waals surface area contributed by atoms with Crippen LogP contribution in [0.15, 0.2) is 54.9 Å². The average Bonchev–Trinajstić information content (AvgIpc) is 3.43. The van der Waals surface area contributed by atoms with Crippen LogP contribution in [0.25, 0.3) is 5.69 Å². The summed E-state index contributed by atoms with van der Waals surface area (Å²) in [4.78, 5) is 15.8. The molecule has 2 aromatic heterocycles. The summed E-state index contributed by atoms with van der Waals surface area (Å²) < 4.78 is 29.0. The first kappa shape index (κ1) is 20.0. The van der Waals surface area contributed by atoms with Crippen molar-refractivity contribution in [3.8, 4) is 5.69 Å². The van der Waals surface area contributed by atoms with Gasteiger partial charge in [0.15, 0.2) is 5.82 Å². The lowest BCUT2D eigenvalue weighted by atomic mass is 9.73. The fourth-order valence-electron chi connectivity index (χ4n) is 4.21. The Hall–Kier alpha value is -3.95. The second kappa shape index (κ2) is 7.33. The number of rotatable bonds is 3. The zero-order valence-electron chi connectivity index (χ0n) is 17.4. The van der Waals surface area contributed by atoms with Gasteiger partial charge in [0.2, 0.25) is 0 Å². The van der Waals surface area contributed by atoms with Gasteiger partial charge in [-0.05, 0) is 35.4 Å². The molecule has 32 heavy (non-hydrogen) atoms. The molecule has 8 nitrogen and oxygen atoms in total. The molecule has 1 aliphatic heterocycles. The largest absolute Gasteiger partial charge is 0.330 e. The Labute approximate surface area is 182 Å². The number of halogens is 2. The van der Waals surface area contributed by atoms with Gasteiger partial charge < -0.3 is 4.90 Å². The maximum absolute atomic E-state index is 14.1. The van der Waals surface area contributed by atoms with Crippen molar-refractivity contribution in [2.45, 2.75) is 18.9 Å². The first-order valence-electron chi connectivity index (χ1n) is 9.97. The van der Waals surface area contributed by atoms with Crippen LogP contribution < -0.4 is 0 Å². The Morgan fingerprint density at radius 2 is 1.97 bits per heavy atom. The van der Waals surface area contributed by atoms with E-state index in [4.69, 9.17) is 0 Å². The molecule has 0 aliphatic carbocycles. The van der Waals surface area contributed by atoms with Gasteiger partial charge in [0.1, 0.15) is 11.5 Å². The fraction of sp³-hybridized carbons (Fsp3) is 0.227. The summed E-state index contributed by atoms with van der Waals surface area (Å²) >= 11 is 0. The van der Waals surface area contributed by atoms with Gasteiger partial charge in [-0.15, -0.1) is 15.0 Å². The van der Waals surface area contributed by atoms with Crippen molar-refractivity contribution in [1.29, 1.82) is 0 Å². The molecule has 1 unspecified atom stereocenters. The minimum absolute atomic E-state index is 0.0952. The molecule has 0 radical (unpaired) electrons. The zero-order chi connectivity index (χ0) is 22.5. The highest BCUT2D eigenvalue weighted by atomic mass is 19.1. The highest BCUT2D eigenvalue weighted by molar-refractivity contribution is 5.90. The van der Waals surface area contributed by atoms with E-state index in [1.807, 2.05) is 31.4 Å². The smallest absolute Gasteiger partial charge is 0.295 e. The van der Waals surface area contributed by atoms with E-state index in [2.05, 4.69) is 33.5 Å². The van der Waals surface area contributed by atoms with E-state index in [-0.39, 0.29) is 11.5 Å². The van der Waals surface area contributed by atoms with E-state index in [0.717, 1.165) is 33.6 Å². The monoisotopic (exact) mass is 435 g/mol. The van der Waals surface area contributed by atoms with Crippen molar-refractivity contribution in [3.63, 3.8) is 0 Å². The number of carbonyl (C=O) groups excluding carboxylic acids is 1. The van der Waals surface area contributed by atoms with Crippen LogP contribution >= 0.6 is 0 Å². The standard InChI is InChI=1S/C22H19F2N7O/c1-22(15-10-25-29(2)12-15)13-30(11-14-5-3-4-6-17(14)22)21(32)20-26-28-31(27-20)19-8-7-16(23)9-18(19)24/h3-10,12H,11,13H2,1-2H3. The number of amides is 1. The molecule has 1 atom stereocenters. The number of aryl methyl sites for hydroxylation is 1. The lowest BCUT2D eigenvalue weighted by molar-refractivity contribution is 0.0682. The molecule has 10 heteroatoms. The van der Waals surface area contributed by atoms with Crippen LogP contribution in [-0.4, -0.2) is 47.3 Å². The third-order valence-electron chi connectivity index (χ3n) is 5.84. The van der Waals surface area contributed by atoms with Crippen molar-refractivity contribution in [1.82, 2.24) is 34.9 Å². The van der Waals surface area contributed by atoms with E-state index in [1.165, 1.54) is 6.07 Å². The molecule has 0 bridgehead atoms. The molecular formula is C22H19F2N7O. The Morgan fingerprint density at radius 3 is 2.72 bits per heavy atom. The van der Waals surface area contributed by atoms with E-state index in [9.17, 15) is 13.6 Å². The van der Waals surface area contributed by atoms with E-state index >= 15 is 0 Å². The topological polar surface area (TPSA) is 81.7 Å². The van der Waals surface area contributed by atoms with Gasteiger partial charge in [-0.2, -0.15) is 5.10 Å². The number of hydrogen-bond donors (Lipinski definition) is 0. The number of hydrogen-bond acceptors (Lipinski definition) is 5. The quantitative estimate of drug-likeness (QED) is 0.494. The SMILES string of the molecule is Cn1cc(C2(C)CN(C(=O)c3nnn(-c4ccc(F)cc4F)n3)Cc3ccccc32)cn1. The number of nitrogens with zero attached hydrogens (tertiary/aromatic N) is 7. The third kappa shape index (κ3) is 3.24. The number of carbonyl (C=O) groups is 1. The first-order valence-corrected chi connectivity index (χ1v) is 9.97. The number of tetrazole rings is 1. The molecule has 0 N–H and O–H groups in total. The molecule has 0 spiro atoms. The van der Waals surface area contributed by atoms with Gasteiger partial charge in [-0.25, -0.2) is 8.78 Å². The number of benzene rings is 2. The van der Waals surface area contributed by atoms with Crippen molar-refractivity contribution in [3.05, 3.63) is 89.0 Å². The molecule has 1 aliphatic rings. The lowest BCUT2D eigenvalue weighted by Gasteiger charge is -2.41. The van der Waals surface area contributed by atoms with Gasteiger partial charge in [0, 0.05) is 43.4 Å². The molecule has 0 saturated carbocycles. The summed E-state index contributed by atoms with van der Waals surface area (Å²) in [5.74, 6) is -2.16. The predicted octanol–water partition coefficient (Wildman–Crippen LogP) is 2.64. The maximum atomic E-state index is 14.1. The van der Waals surface area contributed by atoms with Gasteiger partial charge in [-0.1, -0.05) is 24.3 Å². The molecule has 2 aromatic carbocycles. The molecule has 4 aromatic rings. The lowest BCUT2D eigenvalue weighted by Crippen LogP contribution is -2.47. The average molecular weight is 435 g/mol. The second-order valence-corrected chi connectivity index (χ2v) is 8.05. The van der Waals surface area contributed by atoms with Gasteiger partial charge in [-0.3, -0.25) is 9.48 Å². The van der Waals surface area contributed by atoms with E-state index in [1.54, 1.807) is 15.8 Å². The van der Waals surface area contributed by atoms with Crippen molar-refractivity contribution >= 4 is 5.91 Å². The summed E-state index contributed by atoms with van der Waals surface area (Å²) in [6, 6.07) is 11.0. The molecule has 0 saturated heterocycles. The maximum Gasteiger partial charge on any atom is 0.295 e. The molecule has 1 amide bonds. The summed E-state index contributed by atoms with van der Waals surface area (Å²) in [6.07, 6.45) is 3.74. The van der Waals surface area contributed by atoms with Crippen LogP contribution in [0, 0.1) is 11.6 Å². The zero-order valence-corrected chi connectivity index (χ0v) is 17.4. The normalized spacial score (nSPS) is 17.9. The van der Waals surface area contributed by atoms with Crippen LogP contribution in [0.5, 0.6) is 0 Å². The Bertz CT molecular complexity index is 1330. The van der Waals surface area contributed by atoms with Crippen LogP contribution in [-0.2, 0) is 19.0 Å². The van der Waals surface area contributed by atoms with Crippen LogP contribution in [0.2, 0.25) is 0 Å². The molecular weight excluding hydrogens is 416 g/mol. The van der Waals surface area contributed by atoms with Crippen LogP contribution in [0.4, 0.5) is 8.78 Å². The molecule has 162 valence electrons. The number of fused-ring (bicyclic) bond motifs is 1. The summed E-state index contributed by atoms with van der Waals surface area (Å²) in [5.41, 5.74) is 2.53. The van der Waals surface area contributed by atoms with Crippen molar-refractivity contribution in [2.24, 2.45) is 7.05 Å². The highest BCUT2D eigenvalue weighted by Crippen LogP contribution is 2.39. The Balaban J connectivity index is 1.49. The second-order valence-electron chi connectivity index (χ2n) is 8.05. The van der Waals surface area contributed by atoms with E-state index in [0.29, 0.717) is 13.1 Å². The number of aromatic nitrogens is 6. The third-order valence-corrected chi connectivity index (χ3v) is 5.84. The summed E-state index contributed by atoms with van der Waals surface area (Å²) in [7, 11) is 1.85. The van der Waals surface area contributed by atoms with Gasteiger partial charge in [0.05, 0.1) is 6.20 Å². The first-order chi connectivity index (χ1) is 15.3. The van der Waals surface area contributed by atoms with Gasteiger partial charge in [0.25, 0.3) is 11.7 Å². The molecule has 3 heterocycles. The molecule has 0 fully saturated rings. The van der Waals surface area contributed by atoms with Gasteiger partial charge >= 0.3 is 0 Å². The van der Waals surface area contributed by atoms with E-state index < -0.39 is 23.0 Å². The minimum atomic E-state index is -0.850. The Morgan fingerprint density at radius 1 is 1.16 bits per heavy atom. The summed E-state index contributed by atoms with van der Waals surface area (Å²) in [5, 5.41) is 16.0. The van der Waals surface area contributed by atoms with Crippen LogP contribution in [0.1, 0.15) is 34.2 Å². The Kier molecular flexibility index (Phi) is 4.58. The molecule has 5 rings (SSSR count). The van der Waals surface area contributed by atoms with Crippen molar-refractivity contribution in [2.75, 3.05) is 6.54 Å². The highest BCUT2D eigenvalue weighted by Gasteiger charge is 2.40. The minimum Gasteiger partial charge on any atom is -0.330 e. The van der Waals surface area contributed by atoms with Crippen LogP contribution in [0.3, 0.4) is 0 Å². The predicted molar refractivity (Wildman–Crippen MR) is 110 cm³/mol. The van der Waals surface area contributed by atoms with Crippen molar-refractivity contribution < 1.29 is 13.6 Å². The fourth-order valence-corrected chi connectivity index (χ4v) is 4.21. The summed E-state index contributed by atoms with van der Waals surface area (Å²) in [6.45, 7) is 2.83.